The largest absolute Gasteiger partial charge is 0.454 e. The first-order valence-corrected chi connectivity index (χ1v) is 9.27. The normalized spacial score (nSPS) is 26.8. The van der Waals surface area contributed by atoms with Crippen molar-refractivity contribution in [1.29, 1.82) is 0 Å². The first-order valence-electron chi connectivity index (χ1n) is 8.39. The van der Waals surface area contributed by atoms with E-state index in [9.17, 15) is 9.70 Å². The van der Waals surface area contributed by atoms with Crippen LogP contribution < -0.4 is 0 Å². The van der Waals surface area contributed by atoms with E-state index in [0.29, 0.717) is 0 Å². The summed E-state index contributed by atoms with van der Waals surface area (Å²) in [6.45, 7) is 1.79. The van der Waals surface area contributed by atoms with Crippen LogP contribution in [0.4, 0.5) is 0 Å². The molecule has 0 amide bonds. The molecule has 0 radical (unpaired) electrons. The van der Waals surface area contributed by atoms with E-state index in [1.807, 2.05) is 17.5 Å². The second kappa shape index (κ2) is 6.32. The van der Waals surface area contributed by atoms with Crippen LogP contribution in [0.3, 0.4) is 0 Å². The molecule has 2 atom stereocenters. The molecule has 3 rings (SSSR count). The number of hydrogen-bond donors (Lipinski definition) is 0. The zero-order valence-corrected chi connectivity index (χ0v) is 14.7. The molecule has 1 aliphatic carbocycles. The first kappa shape index (κ1) is 16.6. The molecule has 126 valence electrons. The van der Waals surface area contributed by atoms with Gasteiger partial charge in [-0.2, -0.15) is 0 Å². The highest BCUT2D eigenvalue weighted by Gasteiger charge is 2.53. The third-order valence-corrected chi connectivity index (χ3v) is 6.32. The van der Waals surface area contributed by atoms with Gasteiger partial charge in [0.25, 0.3) is 0 Å². The highest BCUT2D eigenvalue weighted by Crippen LogP contribution is 2.46. The van der Waals surface area contributed by atoms with Gasteiger partial charge >= 0.3 is 5.97 Å². The number of nitroso groups, excluding NO2 is 1. The van der Waals surface area contributed by atoms with Crippen LogP contribution in [0.1, 0.15) is 37.0 Å². The molecule has 23 heavy (non-hydrogen) atoms. The van der Waals surface area contributed by atoms with Gasteiger partial charge in [0.15, 0.2) is 6.10 Å². The molecule has 1 saturated carbocycles. The van der Waals surface area contributed by atoms with Crippen molar-refractivity contribution in [3.8, 4) is 0 Å². The van der Waals surface area contributed by atoms with Crippen molar-refractivity contribution in [3.63, 3.8) is 0 Å². The number of nitrogens with zero attached hydrogens (tertiary/aromatic N) is 2. The SMILES string of the molecule is C[N+]1(C)CC[C@@H](OC(=O)[C@](N=O)(c2cccs2)C2CCCC2)C1. The van der Waals surface area contributed by atoms with Crippen LogP contribution in [0.2, 0.25) is 0 Å². The Labute approximate surface area is 141 Å². The number of rotatable bonds is 5. The molecule has 0 spiro atoms. The van der Waals surface area contributed by atoms with Crippen molar-refractivity contribution in [2.24, 2.45) is 11.1 Å². The lowest BCUT2D eigenvalue weighted by molar-refractivity contribution is -0.879. The zero-order valence-electron chi connectivity index (χ0n) is 13.9. The number of esters is 1. The predicted molar refractivity (Wildman–Crippen MR) is 90.1 cm³/mol. The number of carbonyl (C=O) groups excluding carboxylic acids is 1. The Balaban J connectivity index is 1.86. The van der Waals surface area contributed by atoms with E-state index in [-0.39, 0.29) is 12.0 Å². The number of carbonyl (C=O) groups is 1. The Hall–Kier alpha value is -1.27. The molecule has 2 aliphatic rings. The summed E-state index contributed by atoms with van der Waals surface area (Å²) in [6, 6.07) is 3.72. The highest BCUT2D eigenvalue weighted by atomic mass is 32.1. The molecule has 0 N–H and O–H groups in total. The summed E-state index contributed by atoms with van der Waals surface area (Å²) in [6.07, 6.45) is 4.57. The third-order valence-electron chi connectivity index (χ3n) is 5.33. The molecular weight excluding hydrogens is 312 g/mol. The fourth-order valence-corrected chi connectivity index (χ4v) is 4.96. The fraction of sp³-hybridized carbons (Fsp3) is 0.706. The summed E-state index contributed by atoms with van der Waals surface area (Å²) >= 11 is 1.43. The Morgan fingerprint density at radius 3 is 2.61 bits per heavy atom. The molecular formula is C17H25N2O3S+. The van der Waals surface area contributed by atoms with Crippen molar-refractivity contribution in [1.82, 2.24) is 0 Å². The zero-order chi connectivity index (χ0) is 16.5. The molecule has 0 bridgehead atoms. The molecule has 2 fully saturated rings. The lowest BCUT2D eigenvalue weighted by atomic mass is 9.82. The monoisotopic (exact) mass is 337 g/mol. The summed E-state index contributed by atoms with van der Waals surface area (Å²) in [5.41, 5.74) is -1.34. The van der Waals surface area contributed by atoms with Crippen LogP contribution in [0, 0.1) is 10.8 Å². The maximum absolute atomic E-state index is 13.0. The van der Waals surface area contributed by atoms with Gasteiger partial charge in [-0.25, -0.2) is 4.79 Å². The van der Waals surface area contributed by atoms with E-state index in [4.69, 9.17) is 4.74 Å². The summed E-state index contributed by atoms with van der Waals surface area (Å²) in [7, 11) is 4.27. The second-order valence-electron chi connectivity index (χ2n) is 7.47. The second-order valence-corrected chi connectivity index (χ2v) is 8.42. The van der Waals surface area contributed by atoms with Gasteiger partial charge in [-0.05, 0) is 29.5 Å². The lowest BCUT2D eigenvalue weighted by Crippen LogP contribution is -2.44. The molecule has 1 saturated heterocycles. The molecule has 5 nitrogen and oxygen atoms in total. The summed E-state index contributed by atoms with van der Waals surface area (Å²) < 4.78 is 6.65. The van der Waals surface area contributed by atoms with Gasteiger partial charge in [0.05, 0.1) is 20.6 Å². The molecule has 2 heterocycles. The number of quaternary nitrogens is 1. The Bertz CT molecular complexity index is 566. The molecule has 1 aliphatic heterocycles. The van der Waals surface area contributed by atoms with Gasteiger partial charge in [-0.15, -0.1) is 16.2 Å². The molecule has 6 heteroatoms. The van der Waals surface area contributed by atoms with E-state index in [0.717, 1.165) is 54.6 Å². The number of likely N-dealkylation sites (tertiary alicyclic amines) is 1. The summed E-state index contributed by atoms with van der Waals surface area (Å²) in [4.78, 5) is 25.7. The van der Waals surface area contributed by atoms with Crippen molar-refractivity contribution < 1.29 is 14.0 Å². The lowest BCUT2D eigenvalue weighted by Gasteiger charge is -2.30. The number of thiophene rings is 1. The van der Waals surface area contributed by atoms with Gasteiger partial charge in [-0.1, -0.05) is 18.9 Å². The standard InChI is InChI=1S/C17H25N2O3S/c1-19(2)10-9-14(12-19)22-16(20)17(18-21,13-6-3-4-7-13)15-8-5-11-23-15/h5,8,11,13-14H,3-4,6-7,9-10,12H2,1-2H3/q+1/t14-,17-/m1/s1. The van der Waals surface area contributed by atoms with Crippen molar-refractivity contribution in [3.05, 3.63) is 27.3 Å². The van der Waals surface area contributed by atoms with E-state index in [2.05, 4.69) is 19.3 Å². The van der Waals surface area contributed by atoms with E-state index in [1.165, 1.54) is 11.3 Å². The number of ether oxygens (including phenoxy) is 1. The van der Waals surface area contributed by atoms with Crippen LogP contribution in [0.15, 0.2) is 22.7 Å². The van der Waals surface area contributed by atoms with Gasteiger partial charge in [0, 0.05) is 17.2 Å². The average molecular weight is 337 g/mol. The maximum atomic E-state index is 13.0. The minimum absolute atomic E-state index is 0.0324. The molecule has 0 unspecified atom stereocenters. The molecule has 1 aromatic heterocycles. The van der Waals surface area contributed by atoms with Crippen molar-refractivity contribution in [2.45, 2.75) is 43.7 Å². The fourth-order valence-electron chi connectivity index (χ4n) is 4.03. The van der Waals surface area contributed by atoms with E-state index < -0.39 is 11.5 Å². The topological polar surface area (TPSA) is 55.7 Å². The number of likely N-dealkylation sites (N-methyl/N-ethyl adjacent to an activating group) is 1. The van der Waals surface area contributed by atoms with Gasteiger partial charge in [0.2, 0.25) is 5.54 Å². The van der Waals surface area contributed by atoms with Crippen LogP contribution >= 0.6 is 11.3 Å². The van der Waals surface area contributed by atoms with Gasteiger partial charge in [-0.3, -0.25) is 0 Å². The summed E-state index contributed by atoms with van der Waals surface area (Å²) in [5, 5.41) is 5.30. The minimum atomic E-state index is -1.34. The Morgan fingerprint density at radius 2 is 2.09 bits per heavy atom. The highest BCUT2D eigenvalue weighted by molar-refractivity contribution is 7.10. The van der Waals surface area contributed by atoms with E-state index in [1.54, 1.807) is 0 Å². The first-order chi connectivity index (χ1) is 11.0. The van der Waals surface area contributed by atoms with Crippen LogP contribution in [0.25, 0.3) is 0 Å². The molecule has 0 aromatic carbocycles. The quantitative estimate of drug-likeness (QED) is 0.471. The van der Waals surface area contributed by atoms with Gasteiger partial charge in [0.1, 0.15) is 6.54 Å². The van der Waals surface area contributed by atoms with Gasteiger partial charge < -0.3 is 9.22 Å². The Kier molecular flexibility index (Phi) is 4.56. The number of hydrogen-bond acceptors (Lipinski definition) is 5. The minimum Gasteiger partial charge on any atom is -0.454 e. The smallest absolute Gasteiger partial charge is 0.344 e. The van der Waals surface area contributed by atoms with Crippen molar-refractivity contribution >= 4 is 17.3 Å². The predicted octanol–water partition coefficient (Wildman–Crippen LogP) is 3.29. The third kappa shape index (κ3) is 3.06. The van der Waals surface area contributed by atoms with Crippen LogP contribution in [-0.4, -0.2) is 43.7 Å². The van der Waals surface area contributed by atoms with Crippen molar-refractivity contribution in [2.75, 3.05) is 27.2 Å². The Morgan fingerprint density at radius 1 is 1.35 bits per heavy atom. The summed E-state index contributed by atoms with van der Waals surface area (Å²) in [5.74, 6) is -0.469. The van der Waals surface area contributed by atoms with E-state index >= 15 is 0 Å². The van der Waals surface area contributed by atoms with Crippen LogP contribution in [0.5, 0.6) is 0 Å². The maximum Gasteiger partial charge on any atom is 0.344 e. The van der Waals surface area contributed by atoms with Crippen LogP contribution in [-0.2, 0) is 15.1 Å². The molecule has 1 aromatic rings. The average Bonchev–Trinajstić information content (AvgIpc) is 3.23.